The summed E-state index contributed by atoms with van der Waals surface area (Å²) in [6, 6.07) is 5.74. The standard InChI is InChI=1S/C19H24N6O2S/c1-24(12-13-5-4-8-22-19(13)25(2)28(3,26)27)16-7-10-21-18-17(16)14-11-20-9-6-15(14)23-18/h4-5,7-8,10,20H,6,9,11-12H2,1-3H3,(H,21,23). The fraction of sp³-hybridized carbons (Fsp3) is 0.368. The second kappa shape index (κ2) is 7.06. The molecule has 3 aromatic heterocycles. The minimum absolute atomic E-state index is 0.444. The Morgan fingerprint density at radius 2 is 2.00 bits per heavy atom. The lowest BCUT2D eigenvalue weighted by molar-refractivity contribution is 0.599. The fourth-order valence-electron chi connectivity index (χ4n) is 3.70. The largest absolute Gasteiger partial charge is 0.369 e. The van der Waals surface area contributed by atoms with E-state index in [0.29, 0.717) is 12.4 Å². The van der Waals surface area contributed by atoms with E-state index >= 15 is 0 Å². The van der Waals surface area contributed by atoms with Gasteiger partial charge in [0, 0.05) is 74.9 Å². The number of rotatable bonds is 5. The van der Waals surface area contributed by atoms with Crippen LogP contribution < -0.4 is 14.5 Å². The number of anilines is 2. The second-order valence-corrected chi connectivity index (χ2v) is 9.15. The van der Waals surface area contributed by atoms with E-state index in [2.05, 4.69) is 25.2 Å². The molecule has 0 aromatic carbocycles. The molecule has 8 nitrogen and oxygen atoms in total. The maximum absolute atomic E-state index is 12.0. The summed E-state index contributed by atoms with van der Waals surface area (Å²) in [5.41, 5.74) is 5.28. The van der Waals surface area contributed by atoms with Crippen LogP contribution in [0.2, 0.25) is 0 Å². The highest BCUT2D eigenvalue weighted by atomic mass is 32.2. The molecule has 1 aliphatic heterocycles. The third-order valence-electron chi connectivity index (χ3n) is 5.20. The molecule has 0 saturated heterocycles. The summed E-state index contributed by atoms with van der Waals surface area (Å²) in [5.74, 6) is 0.444. The number of aromatic amines is 1. The minimum atomic E-state index is -3.39. The summed E-state index contributed by atoms with van der Waals surface area (Å²) in [6.07, 6.45) is 5.55. The monoisotopic (exact) mass is 400 g/mol. The Kier molecular flexibility index (Phi) is 4.72. The molecule has 0 fully saturated rings. The van der Waals surface area contributed by atoms with Gasteiger partial charge in [0.2, 0.25) is 10.0 Å². The maximum atomic E-state index is 12.0. The first-order valence-corrected chi connectivity index (χ1v) is 11.0. The topological polar surface area (TPSA) is 94.2 Å². The van der Waals surface area contributed by atoms with Gasteiger partial charge in [-0.1, -0.05) is 6.07 Å². The molecule has 0 aliphatic carbocycles. The van der Waals surface area contributed by atoms with Crippen molar-refractivity contribution in [3.63, 3.8) is 0 Å². The predicted octanol–water partition coefficient (Wildman–Crippen LogP) is 1.64. The Hall–Kier alpha value is -2.65. The average molecular weight is 401 g/mol. The minimum Gasteiger partial charge on any atom is -0.369 e. The van der Waals surface area contributed by atoms with Gasteiger partial charge >= 0.3 is 0 Å². The Labute approximate surface area is 164 Å². The van der Waals surface area contributed by atoms with Crippen molar-refractivity contribution in [2.45, 2.75) is 19.5 Å². The number of aromatic nitrogens is 3. The molecule has 9 heteroatoms. The first kappa shape index (κ1) is 18.7. The Morgan fingerprint density at radius 1 is 1.18 bits per heavy atom. The van der Waals surface area contributed by atoms with Crippen molar-refractivity contribution in [1.29, 1.82) is 0 Å². The van der Waals surface area contributed by atoms with Crippen LogP contribution in [-0.2, 0) is 29.5 Å². The van der Waals surface area contributed by atoms with Gasteiger partial charge in [0.05, 0.1) is 6.26 Å². The summed E-state index contributed by atoms with van der Waals surface area (Å²) < 4.78 is 25.2. The number of hydrogen-bond donors (Lipinski definition) is 2. The number of pyridine rings is 2. The van der Waals surface area contributed by atoms with E-state index < -0.39 is 10.0 Å². The molecule has 4 rings (SSSR count). The molecule has 0 saturated carbocycles. The van der Waals surface area contributed by atoms with E-state index in [4.69, 9.17) is 0 Å². The van der Waals surface area contributed by atoms with Crippen LogP contribution in [0.5, 0.6) is 0 Å². The van der Waals surface area contributed by atoms with Gasteiger partial charge in [0.1, 0.15) is 11.5 Å². The zero-order valence-electron chi connectivity index (χ0n) is 16.2. The summed E-state index contributed by atoms with van der Waals surface area (Å²) in [6.45, 7) is 2.30. The molecular formula is C19H24N6O2S. The second-order valence-electron chi connectivity index (χ2n) is 7.14. The predicted molar refractivity (Wildman–Crippen MR) is 111 cm³/mol. The lowest BCUT2D eigenvalue weighted by atomic mass is 10.1. The third-order valence-corrected chi connectivity index (χ3v) is 6.37. The molecular weight excluding hydrogens is 376 g/mol. The van der Waals surface area contributed by atoms with Crippen LogP contribution in [-0.4, -0.2) is 50.3 Å². The first-order valence-electron chi connectivity index (χ1n) is 9.14. The molecule has 1 aliphatic rings. The van der Waals surface area contributed by atoms with E-state index in [9.17, 15) is 8.42 Å². The van der Waals surface area contributed by atoms with Crippen LogP contribution in [0.15, 0.2) is 30.6 Å². The van der Waals surface area contributed by atoms with Gasteiger partial charge in [-0.2, -0.15) is 0 Å². The van der Waals surface area contributed by atoms with Gasteiger partial charge in [0.15, 0.2) is 0 Å². The van der Waals surface area contributed by atoms with Gasteiger partial charge < -0.3 is 15.2 Å². The highest BCUT2D eigenvalue weighted by Crippen LogP contribution is 2.33. The van der Waals surface area contributed by atoms with E-state index in [1.54, 1.807) is 12.4 Å². The number of H-pyrrole nitrogens is 1. The number of nitrogens with one attached hydrogen (secondary N) is 2. The summed E-state index contributed by atoms with van der Waals surface area (Å²) >= 11 is 0. The van der Waals surface area contributed by atoms with Gasteiger partial charge in [-0.3, -0.25) is 4.31 Å². The molecule has 0 amide bonds. The highest BCUT2D eigenvalue weighted by molar-refractivity contribution is 7.92. The van der Waals surface area contributed by atoms with E-state index in [0.717, 1.165) is 41.8 Å². The lowest BCUT2D eigenvalue weighted by Gasteiger charge is -2.25. The Balaban J connectivity index is 1.73. The highest BCUT2D eigenvalue weighted by Gasteiger charge is 2.22. The molecule has 0 spiro atoms. The van der Waals surface area contributed by atoms with Crippen LogP contribution in [0.3, 0.4) is 0 Å². The van der Waals surface area contributed by atoms with Crippen molar-refractivity contribution in [2.24, 2.45) is 0 Å². The molecule has 3 aromatic rings. The lowest BCUT2D eigenvalue weighted by Crippen LogP contribution is -2.28. The zero-order chi connectivity index (χ0) is 19.9. The number of sulfonamides is 1. The van der Waals surface area contributed by atoms with Crippen molar-refractivity contribution >= 4 is 32.6 Å². The molecule has 28 heavy (non-hydrogen) atoms. The van der Waals surface area contributed by atoms with E-state index in [1.165, 1.54) is 28.9 Å². The molecule has 0 unspecified atom stereocenters. The summed E-state index contributed by atoms with van der Waals surface area (Å²) in [5, 5.41) is 4.55. The molecule has 2 N–H and O–H groups in total. The smallest absolute Gasteiger partial charge is 0.233 e. The van der Waals surface area contributed by atoms with E-state index in [-0.39, 0.29) is 0 Å². The van der Waals surface area contributed by atoms with Crippen LogP contribution in [0.1, 0.15) is 16.8 Å². The van der Waals surface area contributed by atoms with Gasteiger partial charge in [-0.15, -0.1) is 0 Å². The molecule has 0 atom stereocenters. The van der Waals surface area contributed by atoms with Gasteiger partial charge in [0.25, 0.3) is 0 Å². The van der Waals surface area contributed by atoms with Crippen molar-refractivity contribution in [3.05, 3.63) is 47.4 Å². The fourth-order valence-corrected chi connectivity index (χ4v) is 4.18. The van der Waals surface area contributed by atoms with Gasteiger partial charge in [-0.05, 0) is 17.7 Å². The zero-order valence-corrected chi connectivity index (χ0v) is 17.0. The van der Waals surface area contributed by atoms with Crippen LogP contribution >= 0.6 is 0 Å². The average Bonchev–Trinajstić information content (AvgIpc) is 3.06. The summed E-state index contributed by atoms with van der Waals surface area (Å²) in [7, 11) is 0.142. The molecule has 0 radical (unpaired) electrons. The quantitative estimate of drug-likeness (QED) is 0.676. The van der Waals surface area contributed by atoms with Crippen molar-refractivity contribution in [3.8, 4) is 0 Å². The molecule has 148 valence electrons. The number of fused-ring (bicyclic) bond motifs is 3. The third kappa shape index (κ3) is 3.31. The molecule has 0 bridgehead atoms. The van der Waals surface area contributed by atoms with Crippen molar-refractivity contribution < 1.29 is 8.42 Å². The normalized spacial score (nSPS) is 14.1. The Bertz CT molecular complexity index is 1120. The SMILES string of the molecule is CN(Cc1cccnc1N(C)S(C)(=O)=O)c1ccnc2[nH]c3c(c12)CNCC3. The first-order chi connectivity index (χ1) is 13.4. The number of nitrogens with zero attached hydrogens (tertiary/aromatic N) is 4. The molecule has 4 heterocycles. The van der Waals surface area contributed by atoms with Crippen LogP contribution in [0.25, 0.3) is 11.0 Å². The Morgan fingerprint density at radius 3 is 2.79 bits per heavy atom. The maximum Gasteiger partial charge on any atom is 0.233 e. The number of hydrogen-bond acceptors (Lipinski definition) is 6. The van der Waals surface area contributed by atoms with E-state index in [1.807, 2.05) is 25.2 Å². The van der Waals surface area contributed by atoms with Crippen molar-refractivity contribution in [2.75, 3.05) is 36.1 Å². The van der Waals surface area contributed by atoms with Crippen LogP contribution in [0, 0.1) is 0 Å². The van der Waals surface area contributed by atoms with Gasteiger partial charge in [-0.25, -0.2) is 18.4 Å². The van der Waals surface area contributed by atoms with Crippen molar-refractivity contribution in [1.82, 2.24) is 20.3 Å². The van der Waals surface area contributed by atoms with Crippen LogP contribution in [0.4, 0.5) is 11.5 Å². The summed E-state index contributed by atoms with van der Waals surface area (Å²) in [4.78, 5) is 14.4.